The molecule has 2 heterocycles. The van der Waals surface area contributed by atoms with Crippen LogP contribution in [-0.4, -0.2) is 66.5 Å². The van der Waals surface area contributed by atoms with Crippen LogP contribution in [0.2, 0.25) is 0 Å². The lowest BCUT2D eigenvalue weighted by Gasteiger charge is -2.17. The van der Waals surface area contributed by atoms with E-state index in [4.69, 9.17) is 41.4 Å². The molecule has 0 radical (unpaired) electrons. The van der Waals surface area contributed by atoms with Crippen molar-refractivity contribution in [2.24, 2.45) is 0 Å². The number of aromatic nitrogens is 2. The fourth-order valence-corrected chi connectivity index (χ4v) is 6.30. The molecule has 0 N–H and O–H groups in total. The number of unbranched alkanes of at least 4 members (excludes halogenated alkanes) is 1. The lowest BCUT2D eigenvalue weighted by atomic mass is 10.1. The van der Waals surface area contributed by atoms with Crippen molar-refractivity contribution >= 4 is 32.8 Å². The molecule has 0 fully saturated rings. The van der Waals surface area contributed by atoms with Gasteiger partial charge in [0.1, 0.15) is 27.4 Å². The topological polar surface area (TPSA) is 168 Å². The van der Waals surface area contributed by atoms with Crippen molar-refractivity contribution in [3.05, 3.63) is 64.3 Å². The molecule has 2 aromatic heterocycles. The van der Waals surface area contributed by atoms with E-state index in [2.05, 4.69) is 10.2 Å². The SMILES string of the molecule is COc1cc(OC)c2c(=O)c(OCCCCSc3nnc(OS(=O)(=O)c4ccc(C)cc4)o3)c(-c3cc(OC)c(OC)c(OC)c3)oc2c1. The highest BCUT2D eigenvalue weighted by Crippen LogP contribution is 2.44. The largest absolute Gasteiger partial charge is 0.496 e. The van der Waals surface area contributed by atoms with E-state index in [1.807, 2.05) is 6.92 Å². The number of hydrogen-bond acceptors (Lipinski definition) is 15. The number of thioether (sulfide) groups is 1. The third-order valence-corrected chi connectivity index (χ3v) is 9.28. The highest BCUT2D eigenvalue weighted by atomic mass is 32.2. The van der Waals surface area contributed by atoms with Crippen LogP contribution in [0.4, 0.5) is 0 Å². The molecule has 0 amide bonds. The molecule has 0 aliphatic heterocycles. The molecule has 0 unspecified atom stereocenters. The van der Waals surface area contributed by atoms with E-state index in [0.29, 0.717) is 47.2 Å². The van der Waals surface area contributed by atoms with E-state index in [1.165, 1.54) is 59.4 Å². The van der Waals surface area contributed by atoms with Crippen molar-refractivity contribution < 1.29 is 49.9 Å². The minimum Gasteiger partial charge on any atom is -0.496 e. The summed E-state index contributed by atoms with van der Waals surface area (Å²) in [6.45, 7) is 2.00. The number of benzene rings is 3. The molecule has 5 rings (SSSR count). The first-order chi connectivity index (χ1) is 23.6. The molecule has 0 spiro atoms. The maximum absolute atomic E-state index is 14.0. The van der Waals surface area contributed by atoms with Gasteiger partial charge in [0, 0.05) is 23.4 Å². The summed E-state index contributed by atoms with van der Waals surface area (Å²) in [6.07, 6.45) is 0.657. The molecule has 0 atom stereocenters. The Balaban J connectivity index is 1.31. The second kappa shape index (κ2) is 15.4. The average molecular weight is 715 g/mol. The quantitative estimate of drug-likeness (QED) is 0.0671. The maximum atomic E-state index is 14.0. The number of aryl methyl sites for hydroxylation is 1. The van der Waals surface area contributed by atoms with Crippen LogP contribution in [0.25, 0.3) is 22.3 Å². The molecule has 0 saturated carbocycles. The Hall–Kier alpha value is -5.09. The first-order valence-corrected chi connectivity index (χ1v) is 17.1. The highest BCUT2D eigenvalue weighted by Gasteiger charge is 2.25. The zero-order chi connectivity index (χ0) is 35.1. The minimum atomic E-state index is -4.13. The van der Waals surface area contributed by atoms with Crippen LogP contribution in [0.1, 0.15) is 18.4 Å². The van der Waals surface area contributed by atoms with Gasteiger partial charge in [-0.2, -0.15) is 8.42 Å². The highest BCUT2D eigenvalue weighted by molar-refractivity contribution is 7.99. The van der Waals surface area contributed by atoms with Gasteiger partial charge >= 0.3 is 16.2 Å². The number of nitrogens with zero attached hydrogens (tertiary/aromatic N) is 2. The van der Waals surface area contributed by atoms with Gasteiger partial charge in [0.25, 0.3) is 5.22 Å². The van der Waals surface area contributed by atoms with Crippen LogP contribution < -0.4 is 38.0 Å². The van der Waals surface area contributed by atoms with Gasteiger partial charge in [-0.25, -0.2) is 0 Å². The van der Waals surface area contributed by atoms with Crippen LogP contribution in [0, 0.1) is 6.92 Å². The Bertz CT molecular complexity index is 2070. The van der Waals surface area contributed by atoms with Gasteiger partial charge in [-0.1, -0.05) is 39.7 Å². The molecule has 16 heteroatoms. The Labute approximate surface area is 286 Å². The number of rotatable bonds is 16. The molecule has 49 heavy (non-hydrogen) atoms. The van der Waals surface area contributed by atoms with Crippen molar-refractivity contribution in [3.63, 3.8) is 0 Å². The maximum Gasteiger partial charge on any atom is 0.431 e. The molecule has 5 aromatic rings. The van der Waals surface area contributed by atoms with E-state index in [0.717, 1.165) is 5.56 Å². The Morgan fingerprint density at radius 2 is 1.47 bits per heavy atom. The van der Waals surface area contributed by atoms with E-state index < -0.39 is 21.6 Å². The first kappa shape index (κ1) is 35.2. The molecular formula is C33H34N2O12S2. The summed E-state index contributed by atoms with van der Waals surface area (Å²) in [7, 11) is 3.27. The summed E-state index contributed by atoms with van der Waals surface area (Å²) in [6, 6.07) is 12.7. The third-order valence-electron chi connectivity index (χ3n) is 7.16. The van der Waals surface area contributed by atoms with Crippen LogP contribution in [-0.2, 0) is 10.1 Å². The predicted molar refractivity (Wildman–Crippen MR) is 179 cm³/mol. The van der Waals surface area contributed by atoms with E-state index in [1.54, 1.807) is 36.4 Å². The van der Waals surface area contributed by atoms with Crippen molar-refractivity contribution in [1.82, 2.24) is 10.2 Å². The number of fused-ring (bicyclic) bond motifs is 1. The van der Waals surface area contributed by atoms with Gasteiger partial charge < -0.3 is 41.4 Å². The molecule has 14 nitrogen and oxygen atoms in total. The van der Waals surface area contributed by atoms with Crippen LogP contribution in [0.5, 0.6) is 40.6 Å². The minimum absolute atomic E-state index is 0.0300. The molecule has 0 aliphatic carbocycles. The summed E-state index contributed by atoms with van der Waals surface area (Å²) in [5.41, 5.74) is 1.13. The fourth-order valence-electron chi connectivity index (χ4n) is 4.73. The van der Waals surface area contributed by atoms with Crippen molar-refractivity contribution in [2.45, 2.75) is 29.9 Å². The zero-order valence-electron chi connectivity index (χ0n) is 27.6. The van der Waals surface area contributed by atoms with Crippen molar-refractivity contribution in [1.29, 1.82) is 0 Å². The van der Waals surface area contributed by atoms with E-state index in [-0.39, 0.29) is 45.0 Å². The Morgan fingerprint density at radius 1 is 0.776 bits per heavy atom. The second-order valence-electron chi connectivity index (χ2n) is 10.3. The van der Waals surface area contributed by atoms with Gasteiger partial charge in [-0.15, -0.1) is 0 Å². The van der Waals surface area contributed by atoms with E-state index >= 15 is 0 Å². The Kier molecular flexibility index (Phi) is 11.1. The molecule has 0 aliphatic rings. The van der Waals surface area contributed by atoms with Crippen LogP contribution >= 0.6 is 11.8 Å². The molecule has 0 saturated heterocycles. The van der Waals surface area contributed by atoms with Crippen molar-refractivity contribution in [3.8, 4) is 51.9 Å². The first-order valence-electron chi connectivity index (χ1n) is 14.8. The third kappa shape index (κ3) is 7.81. The van der Waals surface area contributed by atoms with Crippen molar-refractivity contribution in [2.75, 3.05) is 47.9 Å². The predicted octanol–water partition coefficient (Wildman–Crippen LogP) is 5.91. The fraction of sp³-hybridized carbons (Fsp3) is 0.303. The second-order valence-corrected chi connectivity index (χ2v) is 12.9. The summed E-state index contributed by atoms with van der Waals surface area (Å²) < 4.78 is 75.1. The van der Waals surface area contributed by atoms with Crippen LogP contribution in [0.3, 0.4) is 0 Å². The summed E-state index contributed by atoms with van der Waals surface area (Å²) in [5.74, 6) is 2.40. The summed E-state index contributed by atoms with van der Waals surface area (Å²) >= 11 is 1.22. The standard InChI is InChI=1S/C33H34N2O12S2/c1-19-9-11-22(12-10-19)49(37,38)47-32-34-35-33(46-32)48-14-8-7-13-44-31-28(36)27-23(40-3)17-21(39-2)18-24(27)45-29(31)20-15-25(41-4)30(43-6)26(16-20)42-5/h9-12,15-18H,7-8,13-14H2,1-6H3. The normalized spacial score (nSPS) is 11.3. The van der Waals surface area contributed by atoms with Gasteiger partial charge in [0.2, 0.25) is 16.9 Å². The smallest absolute Gasteiger partial charge is 0.431 e. The summed E-state index contributed by atoms with van der Waals surface area (Å²) in [5, 5.41) is 7.85. The summed E-state index contributed by atoms with van der Waals surface area (Å²) in [4.78, 5) is 13.9. The lowest BCUT2D eigenvalue weighted by molar-refractivity contribution is 0.301. The van der Waals surface area contributed by atoms with Gasteiger partial charge in [0.05, 0.1) is 42.2 Å². The van der Waals surface area contributed by atoms with Gasteiger partial charge in [0.15, 0.2) is 17.3 Å². The molecular weight excluding hydrogens is 680 g/mol. The Morgan fingerprint density at radius 3 is 2.10 bits per heavy atom. The number of ether oxygens (including phenoxy) is 6. The number of methoxy groups -OCH3 is 5. The van der Waals surface area contributed by atoms with E-state index in [9.17, 15) is 13.2 Å². The zero-order valence-corrected chi connectivity index (χ0v) is 29.2. The average Bonchev–Trinajstić information content (AvgIpc) is 3.55. The molecule has 260 valence electrons. The molecule has 3 aromatic carbocycles. The van der Waals surface area contributed by atoms with Crippen LogP contribution in [0.15, 0.2) is 72.3 Å². The lowest BCUT2D eigenvalue weighted by Crippen LogP contribution is -2.12. The number of hydrogen-bond donors (Lipinski definition) is 0. The van der Waals surface area contributed by atoms with Gasteiger partial charge in [-0.05, 0) is 44.0 Å². The molecule has 0 bridgehead atoms. The monoisotopic (exact) mass is 714 g/mol. The van der Waals surface area contributed by atoms with Gasteiger partial charge in [-0.3, -0.25) is 4.79 Å².